The normalized spacial score (nSPS) is 10.6. The number of rotatable bonds is 5. The zero-order valence-corrected chi connectivity index (χ0v) is 10.4. The van der Waals surface area contributed by atoms with Crippen LogP contribution in [0.2, 0.25) is 0 Å². The van der Waals surface area contributed by atoms with Crippen molar-refractivity contribution in [3.8, 4) is 0 Å². The summed E-state index contributed by atoms with van der Waals surface area (Å²) in [4.78, 5) is 15.7. The van der Waals surface area contributed by atoms with Crippen LogP contribution in [0.15, 0.2) is 10.9 Å². The van der Waals surface area contributed by atoms with Crippen LogP contribution in [0, 0.1) is 13.8 Å². The summed E-state index contributed by atoms with van der Waals surface area (Å²) in [6, 6.07) is 0. The van der Waals surface area contributed by atoms with Crippen molar-refractivity contribution >= 4 is 5.91 Å². The van der Waals surface area contributed by atoms with E-state index < -0.39 is 0 Å². The molecule has 2 aromatic rings. The minimum Gasteiger partial charge on any atom is -0.361 e. The third-order valence-corrected chi connectivity index (χ3v) is 2.67. The largest absolute Gasteiger partial charge is 0.361 e. The van der Waals surface area contributed by atoms with E-state index in [-0.39, 0.29) is 12.3 Å². The van der Waals surface area contributed by atoms with Crippen LogP contribution in [0.3, 0.4) is 0 Å². The average Bonchev–Trinajstić information content (AvgIpc) is 2.94. The van der Waals surface area contributed by atoms with Gasteiger partial charge in [-0.2, -0.15) is 5.10 Å². The summed E-state index contributed by atoms with van der Waals surface area (Å²) in [5.74, 6) is 1.40. The molecule has 2 aromatic heterocycles. The molecular weight excluding hydrogens is 234 g/mol. The predicted molar refractivity (Wildman–Crippen MR) is 62.8 cm³/mol. The van der Waals surface area contributed by atoms with E-state index in [0.29, 0.717) is 18.7 Å². The van der Waals surface area contributed by atoms with Crippen molar-refractivity contribution in [3.63, 3.8) is 0 Å². The van der Waals surface area contributed by atoms with Gasteiger partial charge < -0.3 is 9.84 Å². The predicted octanol–water partition coefficient (Wildman–Crippen LogP) is 0.311. The van der Waals surface area contributed by atoms with Gasteiger partial charge in [-0.1, -0.05) is 5.16 Å². The van der Waals surface area contributed by atoms with Gasteiger partial charge in [0.2, 0.25) is 5.91 Å². The molecule has 1 amide bonds. The van der Waals surface area contributed by atoms with E-state index in [4.69, 9.17) is 4.52 Å². The van der Waals surface area contributed by atoms with E-state index >= 15 is 0 Å². The molecule has 2 rings (SSSR count). The maximum Gasteiger partial charge on any atom is 0.224 e. The monoisotopic (exact) mass is 249 g/mol. The lowest BCUT2D eigenvalue weighted by Crippen LogP contribution is -2.27. The summed E-state index contributed by atoms with van der Waals surface area (Å²) in [5.41, 5.74) is 1.62. The Hall–Kier alpha value is -2.18. The first-order valence-corrected chi connectivity index (χ1v) is 5.69. The maximum absolute atomic E-state index is 11.7. The molecule has 0 fully saturated rings. The molecule has 0 saturated carbocycles. The number of hydrogen-bond donors (Lipinski definition) is 2. The summed E-state index contributed by atoms with van der Waals surface area (Å²) in [6.07, 6.45) is 2.37. The molecule has 0 aliphatic rings. The van der Waals surface area contributed by atoms with Crippen LogP contribution in [0.25, 0.3) is 0 Å². The first kappa shape index (κ1) is 12.3. The summed E-state index contributed by atoms with van der Waals surface area (Å²) in [7, 11) is 0. The zero-order chi connectivity index (χ0) is 13.0. The fourth-order valence-corrected chi connectivity index (χ4v) is 1.65. The van der Waals surface area contributed by atoms with Gasteiger partial charge in [-0.3, -0.25) is 9.89 Å². The summed E-state index contributed by atoms with van der Waals surface area (Å²) in [6.45, 7) is 4.15. The molecule has 0 saturated heterocycles. The van der Waals surface area contributed by atoms with Crippen molar-refractivity contribution in [2.45, 2.75) is 26.7 Å². The van der Waals surface area contributed by atoms with Gasteiger partial charge in [-0.05, 0) is 13.8 Å². The Bertz CT molecular complexity index is 498. The molecule has 96 valence electrons. The first-order chi connectivity index (χ1) is 8.66. The summed E-state index contributed by atoms with van der Waals surface area (Å²) in [5, 5.41) is 13.1. The number of aromatic amines is 1. The second kappa shape index (κ2) is 5.44. The molecule has 7 nitrogen and oxygen atoms in total. The molecule has 0 aromatic carbocycles. The fourth-order valence-electron chi connectivity index (χ4n) is 1.65. The zero-order valence-electron chi connectivity index (χ0n) is 10.4. The molecule has 0 spiro atoms. The van der Waals surface area contributed by atoms with E-state index in [9.17, 15) is 4.79 Å². The molecular formula is C11H15N5O2. The van der Waals surface area contributed by atoms with Gasteiger partial charge in [0.15, 0.2) is 0 Å². The lowest BCUT2D eigenvalue weighted by Gasteiger charge is -2.03. The Morgan fingerprint density at radius 3 is 2.94 bits per heavy atom. The topological polar surface area (TPSA) is 96.7 Å². The van der Waals surface area contributed by atoms with Gasteiger partial charge in [0.25, 0.3) is 0 Å². The lowest BCUT2D eigenvalue weighted by atomic mass is 10.1. The minimum absolute atomic E-state index is 0.0519. The molecule has 2 N–H and O–H groups in total. The third kappa shape index (κ3) is 2.93. The highest BCUT2D eigenvalue weighted by Crippen LogP contribution is 2.12. The molecule has 18 heavy (non-hydrogen) atoms. The van der Waals surface area contributed by atoms with Gasteiger partial charge >= 0.3 is 0 Å². The van der Waals surface area contributed by atoms with Gasteiger partial charge in [0.05, 0.1) is 12.1 Å². The molecule has 0 unspecified atom stereocenters. The Balaban J connectivity index is 1.79. The Morgan fingerprint density at radius 1 is 1.50 bits per heavy atom. The first-order valence-electron chi connectivity index (χ1n) is 5.69. The molecule has 0 atom stereocenters. The quantitative estimate of drug-likeness (QED) is 0.795. The SMILES string of the molecule is Cc1noc(C)c1CC(=O)NCCc1ncn[nH]1. The van der Waals surface area contributed by atoms with Gasteiger partial charge in [0, 0.05) is 18.5 Å². The molecule has 2 heterocycles. The standard InChI is InChI=1S/C11H15N5O2/c1-7-9(8(2)18-16-7)5-11(17)12-4-3-10-13-6-14-15-10/h6H,3-5H2,1-2H3,(H,12,17)(H,13,14,15). The van der Waals surface area contributed by atoms with Crippen LogP contribution < -0.4 is 5.32 Å². The number of carbonyl (C=O) groups excluding carboxylic acids is 1. The highest BCUT2D eigenvalue weighted by molar-refractivity contribution is 5.78. The van der Waals surface area contributed by atoms with Crippen LogP contribution in [-0.2, 0) is 17.6 Å². The number of nitrogens with zero attached hydrogens (tertiary/aromatic N) is 3. The number of hydrogen-bond acceptors (Lipinski definition) is 5. The smallest absolute Gasteiger partial charge is 0.224 e. The number of carbonyl (C=O) groups is 1. The van der Waals surface area contributed by atoms with E-state index in [0.717, 1.165) is 17.1 Å². The summed E-state index contributed by atoms with van der Waals surface area (Å²) < 4.78 is 5.01. The van der Waals surface area contributed by atoms with E-state index in [1.807, 2.05) is 6.92 Å². The van der Waals surface area contributed by atoms with E-state index in [1.54, 1.807) is 6.92 Å². The second-order valence-corrected chi connectivity index (χ2v) is 4.01. The Kier molecular flexibility index (Phi) is 3.71. The molecule has 0 bridgehead atoms. The van der Waals surface area contributed by atoms with Crippen molar-refractivity contribution in [1.29, 1.82) is 0 Å². The number of amides is 1. The highest BCUT2D eigenvalue weighted by Gasteiger charge is 2.12. The van der Waals surface area contributed by atoms with Crippen molar-refractivity contribution in [2.24, 2.45) is 0 Å². The number of nitrogens with one attached hydrogen (secondary N) is 2. The van der Waals surface area contributed by atoms with Crippen LogP contribution in [-0.4, -0.2) is 32.8 Å². The Labute approximate surface area is 104 Å². The second-order valence-electron chi connectivity index (χ2n) is 4.01. The number of aryl methyl sites for hydroxylation is 2. The fraction of sp³-hybridized carbons (Fsp3) is 0.455. The van der Waals surface area contributed by atoms with Crippen LogP contribution in [0.1, 0.15) is 22.8 Å². The summed E-state index contributed by atoms with van der Waals surface area (Å²) >= 11 is 0. The number of aromatic nitrogens is 4. The third-order valence-electron chi connectivity index (χ3n) is 2.67. The van der Waals surface area contributed by atoms with Crippen LogP contribution in [0.4, 0.5) is 0 Å². The van der Waals surface area contributed by atoms with Gasteiger partial charge in [-0.15, -0.1) is 0 Å². The van der Waals surface area contributed by atoms with E-state index in [1.165, 1.54) is 6.33 Å². The van der Waals surface area contributed by atoms with Crippen molar-refractivity contribution in [1.82, 2.24) is 25.7 Å². The van der Waals surface area contributed by atoms with Crippen molar-refractivity contribution in [3.05, 3.63) is 29.2 Å². The van der Waals surface area contributed by atoms with E-state index in [2.05, 4.69) is 25.7 Å². The number of H-pyrrole nitrogens is 1. The van der Waals surface area contributed by atoms with Crippen molar-refractivity contribution in [2.75, 3.05) is 6.54 Å². The van der Waals surface area contributed by atoms with Crippen LogP contribution in [0.5, 0.6) is 0 Å². The molecule has 0 radical (unpaired) electrons. The lowest BCUT2D eigenvalue weighted by molar-refractivity contribution is -0.120. The van der Waals surface area contributed by atoms with Gasteiger partial charge in [0.1, 0.15) is 17.9 Å². The van der Waals surface area contributed by atoms with Crippen molar-refractivity contribution < 1.29 is 9.32 Å². The average molecular weight is 249 g/mol. The molecule has 0 aliphatic carbocycles. The highest BCUT2D eigenvalue weighted by atomic mass is 16.5. The maximum atomic E-state index is 11.7. The van der Waals surface area contributed by atoms with Gasteiger partial charge in [-0.25, -0.2) is 4.98 Å². The molecule has 0 aliphatic heterocycles. The molecule has 7 heteroatoms. The Morgan fingerprint density at radius 2 is 2.33 bits per heavy atom. The minimum atomic E-state index is -0.0519. The van der Waals surface area contributed by atoms with Crippen LogP contribution >= 0.6 is 0 Å².